The number of fused-ring (bicyclic) bond motifs is 1. The first kappa shape index (κ1) is 24.1. The summed E-state index contributed by atoms with van der Waals surface area (Å²) in [5.74, 6) is -0.280. The lowest BCUT2D eigenvalue weighted by Crippen LogP contribution is -2.20. The number of hydrogen-bond donors (Lipinski definition) is 0. The summed E-state index contributed by atoms with van der Waals surface area (Å²) in [6.45, 7) is -0.396. The van der Waals surface area contributed by atoms with Crippen molar-refractivity contribution in [1.29, 1.82) is 5.26 Å². The number of nitriles is 1. The molecule has 0 bridgehead atoms. The van der Waals surface area contributed by atoms with Crippen molar-refractivity contribution in [2.45, 2.75) is 6.18 Å². The fourth-order valence-electron chi connectivity index (χ4n) is 3.37. The third kappa shape index (κ3) is 4.90. The number of halogens is 3. The first-order chi connectivity index (χ1) is 17.2. The van der Waals surface area contributed by atoms with Crippen molar-refractivity contribution < 1.29 is 22.8 Å². The molecule has 1 heterocycles. The lowest BCUT2D eigenvalue weighted by atomic mass is 10.1. The Kier molecular flexibility index (Phi) is 6.47. The Morgan fingerprint density at radius 3 is 2.64 bits per heavy atom. The van der Waals surface area contributed by atoms with Crippen molar-refractivity contribution in [3.05, 3.63) is 98.3 Å². The molecule has 36 heavy (non-hydrogen) atoms. The number of nitrogens with zero attached hydrogens (tertiary/aromatic N) is 5. The Labute approximate surface area is 200 Å². The van der Waals surface area contributed by atoms with Crippen LogP contribution in [0.3, 0.4) is 0 Å². The van der Waals surface area contributed by atoms with Gasteiger partial charge in [0.25, 0.3) is 5.56 Å². The van der Waals surface area contributed by atoms with Crippen LogP contribution in [0, 0.1) is 21.4 Å². The van der Waals surface area contributed by atoms with Crippen molar-refractivity contribution in [1.82, 2.24) is 9.66 Å². The molecule has 0 saturated carbocycles. The van der Waals surface area contributed by atoms with Crippen molar-refractivity contribution in [2.75, 3.05) is 6.61 Å². The normalized spacial score (nSPS) is 11.5. The second kappa shape index (κ2) is 9.67. The minimum Gasteiger partial charge on any atom is -0.472 e. The number of nitro benzene ring substituents is 1. The van der Waals surface area contributed by atoms with Crippen LogP contribution in [0.5, 0.6) is 5.75 Å². The average Bonchev–Trinajstić information content (AvgIpc) is 2.86. The fraction of sp³-hybridized carbons (Fsp3) is 0.0833. The first-order valence-corrected chi connectivity index (χ1v) is 10.2. The van der Waals surface area contributed by atoms with E-state index in [-0.39, 0.29) is 33.6 Å². The molecule has 0 atom stereocenters. The summed E-state index contributed by atoms with van der Waals surface area (Å²) in [4.78, 5) is 28.3. The highest BCUT2D eigenvalue weighted by Crippen LogP contribution is 2.32. The highest BCUT2D eigenvalue weighted by molar-refractivity contribution is 5.83. The van der Waals surface area contributed by atoms with E-state index in [1.165, 1.54) is 30.3 Å². The monoisotopic (exact) mass is 493 g/mol. The summed E-state index contributed by atoms with van der Waals surface area (Å²) < 4.78 is 45.8. The maximum atomic E-state index is 13.3. The maximum Gasteiger partial charge on any atom is 0.416 e. The molecular weight excluding hydrogens is 479 g/mol. The lowest BCUT2D eigenvalue weighted by Gasteiger charge is -2.12. The standard InChI is InChI=1S/C24H14F3N5O4/c25-24(26,27)17-5-3-4-16(13-17)22-30-19-7-2-1-6-18(19)23(33)31(22)29-14-15-8-9-21(36-11-10-28)20(12-15)32(34)35/h1-9,12-14H,11H2. The minimum absolute atomic E-state index is 0.00365. The number of nitro groups is 1. The second-order valence-electron chi connectivity index (χ2n) is 7.32. The summed E-state index contributed by atoms with van der Waals surface area (Å²) in [6.07, 6.45) is -3.48. The SMILES string of the molecule is N#CCOc1ccc(C=Nn2c(-c3cccc(C(F)(F)F)c3)nc3ccccc3c2=O)cc1[N+](=O)[O-]. The first-order valence-electron chi connectivity index (χ1n) is 10.2. The van der Waals surface area contributed by atoms with Crippen molar-refractivity contribution in [3.63, 3.8) is 0 Å². The van der Waals surface area contributed by atoms with E-state index >= 15 is 0 Å². The van der Waals surface area contributed by atoms with Gasteiger partial charge in [-0.05, 0) is 36.4 Å². The molecule has 0 fully saturated rings. The summed E-state index contributed by atoms with van der Waals surface area (Å²) in [7, 11) is 0. The van der Waals surface area contributed by atoms with Gasteiger partial charge in [0.2, 0.25) is 0 Å². The van der Waals surface area contributed by atoms with Crippen LogP contribution in [0.4, 0.5) is 18.9 Å². The summed E-state index contributed by atoms with van der Waals surface area (Å²) in [6, 6.07) is 16.1. The number of alkyl halides is 3. The fourth-order valence-corrected chi connectivity index (χ4v) is 3.37. The topological polar surface area (TPSA) is 123 Å². The van der Waals surface area contributed by atoms with Gasteiger partial charge in [-0.2, -0.15) is 28.2 Å². The minimum atomic E-state index is -4.62. The van der Waals surface area contributed by atoms with E-state index in [2.05, 4.69) is 10.1 Å². The van der Waals surface area contributed by atoms with Crippen molar-refractivity contribution in [2.24, 2.45) is 5.10 Å². The average molecular weight is 493 g/mol. The molecule has 0 aliphatic carbocycles. The summed E-state index contributed by atoms with van der Waals surface area (Å²) in [5.41, 5.74) is -1.56. The zero-order valence-corrected chi connectivity index (χ0v) is 18.1. The van der Waals surface area contributed by atoms with Crippen LogP contribution in [-0.2, 0) is 6.18 Å². The molecular formula is C24H14F3N5O4. The number of rotatable bonds is 6. The van der Waals surface area contributed by atoms with Crippen molar-refractivity contribution >= 4 is 22.8 Å². The number of ether oxygens (including phenoxy) is 1. The van der Waals surface area contributed by atoms with Gasteiger partial charge in [-0.15, -0.1) is 0 Å². The summed E-state index contributed by atoms with van der Waals surface area (Å²) in [5, 5.41) is 24.3. The van der Waals surface area contributed by atoms with E-state index in [9.17, 15) is 28.1 Å². The number of benzene rings is 3. The van der Waals surface area contributed by atoms with E-state index in [1.807, 2.05) is 0 Å². The van der Waals surface area contributed by atoms with Gasteiger partial charge in [0.05, 0.1) is 27.6 Å². The molecule has 9 nitrogen and oxygen atoms in total. The molecule has 12 heteroatoms. The second-order valence-corrected chi connectivity index (χ2v) is 7.32. The molecule has 0 aliphatic heterocycles. The summed E-state index contributed by atoms with van der Waals surface area (Å²) >= 11 is 0. The van der Waals surface area contributed by atoms with E-state index in [0.717, 1.165) is 29.1 Å². The third-order valence-electron chi connectivity index (χ3n) is 5.00. The lowest BCUT2D eigenvalue weighted by molar-refractivity contribution is -0.385. The van der Waals surface area contributed by atoms with Crippen LogP contribution in [0.2, 0.25) is 0 Å². The van der Waals surface area contributed by atoms with Gasteiger partial charge in [0.15, 0.2) is 18.2 Å². The Hall–Kier alpha value is -5.05. The largest absolute Gasteiger partial charge is 0.472 e. The molecule has 3 aromatic carbocycles. The van der Waals surface area contributed by atoms with Crippen LogP contribution in [0.25, 0.3) is 22.3 Å². The Morgan fingerprint density at radius 1 is 1.14 bits per heavy atom. The van der Waals surface area contributed by atoms with Gasteiger partial charge in [-0.3, -0.25) is 14.9 Å². The molecule has 0 aliphatic rings. The molecule has 0 N–H and O–H groups in total. The van der Waals surface area contributed by atoms with Gasteiger partial charge in [0, 0.05) is 17.2 Å². The van der Waals surface area contributed by atoms with Crippen LogP contribution < -0.4 is 10.3 Å². The molecule has 4 aromatic rings. The highest BCUT2D eigenvalue weighted by atomic mass is 19.4. The zero-order chi connectivity index (χ0) is 25.9. The van der Waals surface area contributed by atoms with E-state index in [0.29, 0.717) is 0 Å². The number of aromatic nitrogens is 2. The van der Waals surface area contributed by atoms with Crippen LogP contribution in [-0.4, -0.2) is 27.4 Å². The third-order valence-corrected chi connectivity index (χ3v) is 5.00. The van der Waals surface area contributed by atoms with Gasteiger partial charge in [-0.1, -0.05) is 24.3 Å². The van der Waals surface area contributed by atoms with Gasteiger partial charge in [0.1, 0.15) is 6.07 Å². The van der Waals surface area contributed by atoms with E-state index < -0.39 is 34.5 Å². The number of para-hydroxylation sites is 1. The molecule has 0 unspecified atom stereocenters. The zero-order valence-electron chi connectivity index (χ0n) is 18.1. The predicted molar refractivity (Wildman–Crippen MR) is 124 cm³/mol. The Bertz CT molecular complexity index is 1610. The Morgan fingerprint density at radius 2 is 1.92 bits per heavy atom. The van der Waals surface area contributed by atoms with E-state index in [1.54, 1.807) is 24.3 Å². The predicted octanol–water partition coefficient (Wildman–Crippen LogP) is 4.78. The van der Waals surface area contributed by atoms with Crippen LogP contribution in [0.1, 0.15) is 11.1 Å². The van der Waals surface area contributed by atoms with Gasteiger partial charge < -0.3 is 4.74 Å². The van der Waals surface area contributed by atoms with Crippen LogP contribution in [0.15, 0.2) is 76.6 Å². The molecule has 0 saturated heterocycles. The quantitative estimate of drug-likeness (QED) is 0.216. The van der Waals surface area contributed by atoms with Gasteiger partial charge in [-0.25, -0.2) is 4.98 Å². The molecule has 1 aromatic heterocycles. The number of hydrogen-bond acceptors (Lipinski definition) is 7. The van der Waals surface area contributed by atoms with Gasteiger partial charge >= 0.3 is 11.9 Å². The van der Waals surface area contributed by atoms with Crippen LogP contribution >= 0.6 is 0 Å². The molecule has 0 spiro atoms. The molecule has 180 valence electrons. The molecule has 0 radical (unpaired) electrons. The Balaban J connectivity index is 1.87. The smallest absolute Gasteiger partial charge is 0.416 e. The van der Waals surface area contributed by atoms with Crippen molar-refractivity contribution in [3.8, 4) is 23.2 Å². The molecule has 0 amide bonds. The maximum absolute atomic E-state index is 13.3. The molecule has 4 rings (SSSR count). The van der Waals surface area contributed by atoms with E-state index in [4.69, 9.17) is 10.00 Å². The highest BCUT2D eigenvalue weighted by Gasteiger charge is 2.31.